The number of hydrogen-bond donors (Lipinski definition) is 1. The van der Waals surface area contributed by atoms with Gasteiger partial charge in [-0.3, -0.25) is 9.69 Å². The Hall–Kier alpha value is -1.59. The lowest BCUT2D eigenvalue weighted by molar-refractivity contribution is -0.128. The van der Waals surface area contributed by atoms with Gasteiger partial charge in [-0.05, 0) is 17.7 Å². The fourth-order valence-corrected chi connectivity index (χ4v) is 2.65. The van der Waals surface area contributed by atoms with E-state index < -0.39 is 0 Å². The van der Waals surface area contributed by atoms with Gasteiger partial charge in [0.2, 0.25) is 5.91 Å². The average molecular weight is 320 g/mol. The Balaban J connectivity index is 2.15. The molecule has 2 rings (SSSR count). The Morgan fingerprint density at radius 1 is 1.35 bits per heavy atom. The van der Waals surface area contributed by atoms with Crippen LogP contribution in [0, 0.1) is 5.41 Å². The van der Waals surface area contributed by atoms with Crippen LogP contribution >= 0.6 is 0 Å². The number of nitrogens with zero attached hydrogens (tertiary/aromatic N) is 1. The minimum absolute atomic E-state index is 0.0682. The highest BCUT2D eigenvalue weighted by Gasteiger charge is 2.26. The second kappa shape index (κ2) is 7.79. The van der Waals surface area contributed by atoms with E-state index in [1.807, 2.05) is 39.0 Å². The zero-order valence-corrected chi connectivity index (χ0v) is 14.6. The first-order valence-corrected chi connectivity index (χ1v) is 8.16. The number of morpholine rings is 1. The van der Waals surface area contributed by atoms with E-state index >= 15 is 0 Å². The SMILES string of the molecule is COc1cccc(C(CNC(=O)C(C)(C)C)N2CCOCC2)c1. The number of carbonyl (C=O) groups excluding carboxylic acids is 1. The van der Waals surface area contributed by atoms with Gasteiger partial charge in [0.05, 0.1) is 26.4 Å². The first kappa shape index (κ1) is 17.8. The second-order valence-electron chi connectivity index (χ2n) is 6.90. The molecule has 1 saturated heterocycles. The van der Waals surface area contributed by atoms with Crippen LogP contribution in [0.15, 0.2) is 24.3 Å². The lowest BCUT2D eigenvalue weighted by Crippen LogP contribution is -2.45. The Labute approximate surface area is 139 Å². The molecule has 1 aliphatic heterocycles. The summed E-state index contributed by atoms with van der Waals surface area (Å²) in [5.41, 5.74) is 0.768. The first-order valence-electron chi connectivity index (χ1n) is 8.16. The summed E-state index contributed by atoms with van der Waals surface area (Å²) < 4.78 is 10.8. The van der Waals surface area contributed by atoms with Crippen LogP contribution in [0.3, 0.4) is 0 Å². The van der Waals surface area contributed by atoms with E-state index in [-0.39, 0.29) is 17.4 Å². The van der Waals surface area contributed by atoms with E-state index in [4.69, 9.17) is 9.47 Å². The van der Waals surface area contributed by atoms with Crippen LogP contribution in [0.4, 0.5) is 0 Å². The van der Waals surface area contributed by atoms with E-state index in [2.05, 4.69) is 16.3 Å². The molecule has 1 aromatic rings. The summed E-state index contributed by atoms with van der Waals surface area (Å²) in [6.07, 6.45) is 0. The van der Waals surface area contributed by atoms with Crippen molar-refractivity contribution in [3.05, 3.63) is 29.8 Å². The van der Waals surface area contributed by atoms with E-state index in [1.54, 1.807) is 7.11 Å². The molecule has 1 fully saturated rings. The fourth-order valence-electron chi connectivity index (χ4n) is 2.65. The molecule has 1 unspecified atom stereocenters. The lowest BCUT2D eigenvalue weighted by Gasteiger charge is -2.35. The van der Waals surface area contributed by atoms with Crippen molar-refractivity contribution in [3.8, 4) is 5.75 Å². The van der Waals surface area contributed by atoms with Crippen molar-refractivity contribution in [1.82, 2.24) is 10.2 Å². The molecule has 1 N–H and O–H groups in total. The highest BCUT2D eigenvalue weighted by molar-refractivity contribution is 5.81. The second-order valence-corrected chi connectivity index (χ2v) is 6.90. The van der Waals surface area contributed by atoms with E-state index in [0.717, 1.165) is 37.6 Å². The number of amides is 1. The van der Waals surface area contributed by atoms with Crippen LogP contribution in [-0.4, -0.2) is 50.8 Å². The zero-order valence-electron chi connectivity index (χ0n) is 14.6. The summed E-state index contributed by atoms with van der Waals surface area (Å²) in [4.78, 5) is 14.6. The molecular formula is C18H28N2O3. The van der Waals surface area contributed by atoms with Crippen LogP contribution < -0.4 is 10.1 Å². The van der Waals surface area contributed by atoms with Gasteiger partial charge in [-0.1, -0.05) is 32.9 Å². The highest BCUT2D eigenvalue weighted by Crippen LogP contribution is 2.25. The molecule has 0 spiro atoms. The van der Waals surface area contributed by atoms with Crippen LogP contribution in [0.1, 0.15) is 32.4 Å². The van der Waals surface area contributed by atoms with Crippen molar-refractivity contribution in [2.24, 2.45) is 5.41 Å². The molecule has 1 amide bonds. The standard InChI is InChI=1S/C18H28N2O3/c1-18(2,3)17(21)19-13-16(20-8-10-23-11-9-20)14-6-5-7-15(12-14)22-4/h5-7,12,16H,8-11,13H2,1-4H3,(H,19,21). The fraction of sp³-hybridized carbons (Fsp3) is 0.611. The van der Waals surface area contributed by atoms with E-state index in [9.17, 15) is 4.79 Å². The summed E-state index contributed by atoms with van der Waals surface area (Å²) >= 11 is 0. The zero-order chi connectivity index (χ0) is 16.9. The summed E-state index contributed by atoms with van der Waals surface area (Å²) in [6, 6.07) is 8.19. The number of benzene rings is 1. The summed E-state index contributed by atoms with van der Waals surface area (Å²) in [5, 5.41) is 3.09. The van der Waals surface area contributed by atoms with Gasteiger partial charge in [0.1, 0.15) is 5.75 Å². The van der Waals surface area contributed by atoms with E-state index in [1.165, 1.54) is 0 Å². The molecule has 1 aromatic carbocycles. The van der Waals surface area contributed by atoms with Crippen LogP contribution in [-0.2, 0) is 9.53 Å². The largest absolute Gasteiger partial charge is 0.497 e. The number of carbonyl (C=O) groups is 1. The molecule has 0 bridgehead atoms. The normalized spacial score (nSPS) is 17.6. The molecule has 1 heterocycles. The van der Waals surface area contributed by atoms with Crippen LogP contribution in [0.5, 0.6) is 5.75 Å². The maximum atomic E-state index is 12.2. The summed E-state index contributed by atoms with van der Waals surface area (Å²) in [7, 11) is 1.67. The number of rotatable bonds is 5. The van der Waals surface area contributed by atoms with Crippen molar-refractivity contribution in [3.63, 3.8) is 0 Å². The van der Waals surface area contributed by atoms with E-state index in [0.29, 0.717) is 6.54 Å². The lowest BCUT2D eigenvalue weighted by atomic mass is 9.95. The van der Waals surface area contributed by atoms with Gasteiger partial charge < -0.3 is 14.8 Å². The molecule has 1 aliphatic rings. The maximum absolute atomic E-state index is 12.2. The molecule has 5 heteroatoms. The molecule has 1 atom stereocenters. The van der Waals surface area contributed by atoms with Gasteiger partial charge in [0.25, 0.3) is 0 Å². The van der Waals surface area contributed by atoms with Gasteiger partial charge in [-0.2, -0.15) is 0 Å². The predicted molar refractivity (Wildman–Crippen MR) is 90.6 cm³/mol. The van der Waals surface area contributed by atoms with Crippen molar-refractivity contribution < 1.29 is 14.3 Å². The Kier molecular flexibility index (Phi) is 6.02. The number of ether oxygens (including phenoxy) is 2. The Morgan fingerprint density at radius 2 is 2.04 bits per heavy atom. The average Bonchev–Trinajstić information content (AvgIpc) is 2.55. The molecule has 0 saturated carbocycles. The maximum Gasteiger partial charge on any atom is 0.225 e. The van der Waals surface area contributed by atoms with Gasteiger partial charge >= 0.3 is 0 Å². The quantitative estimate of drug-likeness (QED) is 0.904. The van der Waals surface area contributed by atoms with Crippen molar-refractivity contribution >= 4 is 5.91 Å². The first-order chi connectivity index (χ1) is 10.9. The molecule has 23 heavy (non-hydrogen) atoms. The number of methoxy groups -OCH3 is 1. The van der Waals surface area contributed by atoms with Gasteiger partial charge in [0.15, 0.2) is 0 Å². The Bertz CT molecular complexity index is 519. The molecule has 128 valence electrons. The smallest absolute Gasteiger partial charge is 0.225 e. The molecule has 5 nitrogen and oxygen atoms in total. The third-order valence-electron chi connectivity index (χ3n) is 4.10. The highest BCUT2D eigenvalue weighted by atomic mass is 16.5. The molecule has 0 aromatic heterocycles. The molecular weight excluding hydrogens is 292 g/mol. The van der Waals surface area contributed by atoms with Crippen LogP contribution in [0.25, 0.3) is 0 Å². The van der Waals surface area contributed by atoms with Crippen LogP contribution in [0.2, 0.25) is 0 Å². The minimum Gasteiger partial charge on any atom is -0.497 e. The van der Waals surface area contributed by atoms with Gasteiger partial charge in [-0.15, -0.1) is 0 Å². The topological polar surface area (TPSA) is 50.8 Å². The molecule has 0 radical (unpaired) electrons. The summed E-state index contributed by atoms with van der Waals surface area (Å²) in [6.45, 7) is 9.57. The summed E-state index contributed by atoms with van der Waals surface area (Å²) in [5.74, 6) is 0.904. The van der Waals surface area contributed by atoms with Crippen molar-refractivity contribution in [1.29, 1.82) is 0 Å². The number of nitrogens with one attached hydrogen (secondary N) is 1. The third-order valence-corrected chi connectivity index (χ3v) is 4.10. The monoisotopic (exact) mass is 320 g/mol. The van der Waals surface area contributed by atoms with Crippen molar-refractivity contribution in [2.45, 2.75) is 26.8 Å². The third kappa shape index (κ3) is 4.94. The predicted octanol–water partition coefficient (Wildman–Crippen LogP) is 2.23. The van der Waals surface area contributed by atoms with Gasteiger partial charge in [0, 0.05) is 25.0 Å². The number of hydrogen-bond acceptors (Lipinski definition) is 4. The van der Waals surface area contributed by atoms with Crippen molar-refractivity contribution in [2.75, 3.05) is 40.0 Å². The van der Waals surface area contributed by atoms with Gasteiger partial charge in [-0.25, -0.2) is 0 Å². The minimum atomic E-state index is -0.385. The Morgan fingerprint density at radius 3 is 2.65 bits per heavy atom. The molecule has 0 aliphatic carbocycles.